The molecular weight excluding hydrogens is 294 g/mol. The van der Waals surface area contributed by atoms with E-state index in [9.17, 15) is 4.79 Å². The molecule has 0 aliphatic rings. The van der Waals surface area contributed by atoms with Crippen molar-refractivity contribution in [2.75, 3.05) is 5.32 Å². The first-order chi connectivity index (χ1) is 10.7. The van der Waals surface area contributed by atoms with E-state index < -0.39 is 0 Å². The maximum atomic E-state index is 12.2. The van der Waals surface area contributed by atoms with Crippen molar-refractivity contribution in [3.8, 4) is 0 Å². The van der Waals surface area contributed by atoms with Crippen molar-refractivity contribution in [2.24, 2.45) is 0 Å². The molecule has 0 aliphatic heterocycles. The van der Waals surface area contributed by atoms with Crippen LogP contribution >= 0.6 is 11.6 Å². The molecule has 1 amide bonds. The maximum absolute atomic E-state index is 12.2. The van der Waals surface area contributed by atoms with E-state index >= 15 is 0 Å². The van der Waals surface area contributed by atoms with E-state index in [-0.39, 0.29) is 5.91 Å². The average molecular weight is 310 g/mol. The monoisotopic (exact) mass is 309 g/mol. The minimum absolute atomic E-state index is 0.00345. The summed E-state index contributed by atoms with van der Waals surface area (Å²) < 4.78 is 0. The molecule has 3 heteroatoms. The first-order valence-corrected chi connectivity index (χ1v) is 7.63. The van der Waals surface area contributed by atoms with Crippen LogP contribution in [0.15, 0.2) is 66.7 Å². The van der Waals surface area contributed by atoms with Gasteiger partial charge in [0.05, 0.1) is 0 Å². The van der Waals surface area contributed by atoms with Crippen LogP contribution in [0.3, 0.4) is 0 Å². The molecule has 0 atom stereocenters. The number of anilines is 1. The largest absolute Gasteiger partial charge is 0.326 e. The summed E-state index contributed by atoms with van der Waals surface area (Å²) in [6.07, 6.45) is 1.04. The van der Waals surface area contributed by atoms with Gasteiger partial charge >= 0.3 is 0 Å². The van der Waals surface area contributed by atoms with Crippen molar-refractivity contribution in [1.29, 1.82) is 0 Å². The third-order valence-corrected chi connectivity index (χ3v) is 4.01. The molecule has 110 valence electrons. The molecule has 0 radical (unpaired) electrons. The number of carbonyl (C=O) groups excluding carboxylic acids is 1. The van der Waals surface area contributed by atoms with Gasteiger partial charge in [-0.1, -0.05) is 66.2 Å². The van der Waals surface area contributed by atoms with Crippen LogP contribution in [-0.4, -0.2) is 5.91 Å². The van der Waals surface area contributed by atoms with Crippen molar-refractivity contribution in [1.82, 2.24) is 0 Å². The fourth-order valence-corrected chi connectivity index (χ4v) is 2.73. The molecule has 0 unspecified atom stereocenters. The van der Waals surface area contributed by atoms with Crippen LogP contribution in [0.25, 0.3) is 10.8 Å². The zero-order chi connectivity index (χ0) is 15.4. The number of hydrogen-bond acceptors (Lipinski definition) is 1. The molecule has 22 heavy (non-hydrogen) atoms. The lowest BCUT2D eigenvalue weighted by Crippen LogP contribution is -2.12. The number of rotatable bonds is 4. The number of hydrogen-bond donors (Lipinski definition) is 1. The zero-order valence-corrected chi connectivity index (χ0v) is 12.8. The Bertz CT molecular complexity index is 808. The summed E-state index contributed by atoms with van der Waals surface area (Å²) in [7, 11) is 0. The quantitative estimate of drug-likeness (QED) is 0.716. The minimum Gasteiger partial charge on any atom is -0.326 e. The fourth-order valence-electron chi connectivity index (χ4n) is 2.50. The third-order valence-electron chi connectivity index (χ3n) is 3.64. The molecule has 3 aromatic rings. The van der Waals surface area contributed by atoms with Gasteiger partial charge in [0.15, 0.2) is 0 Å². The molecule has 1 N–H and O–H groups in total. The number of halogens is 1. The first kappa shape index (κ1) is 14.6. The van der Waals surface area contributed by atoms with E-state index in [1.54, 1.807) is 0 Å². The van der Waals surface area contributed by atoms with E-state index in [1.807, 2.05) is 66.7 Å². The molecule has 0 saturated heterocycles. The number of amides is 1. The summed E-state index contributed by atoms with van der Waals surface area (Å²) in [6.45, 7) is 0. The summed E-state index contributed by atoms with van der Waals surface area (Å²) >= 11 is 6.11. The third kappa shape index (κ3) is 3.29. The van der Waals surface area contributed by atoms with Crippen LogP contribution < -0.4 is 5.32 Å². The topological polar surface area (TPSA) is 29.1 Å². The van der Waals surface area contributed by atoms with Crippen molar-refractivity contribution in [3.05, 3.63) is 77.3 Å². The van der Waals surface area contributed by atoms with Gasteiger partial charge in [0, 0.05) is 22.5 Å². The molecular formula is C19H16ClNO. The van der Waals surface area contributed by atoms with Gasteiger partial charge in [-0.15, -0.1) is 0 Å². The second-order valence-corrected chi connectivity index (χ2v) is 5.57. The Morgan fingerprint density at radius 1 is 0.909 bits per heavy atom. The van der Waals surface area contributed by atoms with E-state index in [0.29, 0.717) is 17.9 Å². The highest BCUT2D eigenvalue weighted by Gasteiger charge is 2.07. The van der Waals surface area contributed by atoms with Gasteiger partial charge in [0.2, 0.25) is 5.91 Å². The SMILES string of the molecule is O=C(CCc1ccccc1Cl)Nc1cccc2ccccc12. The Morgan fingerprint density at radius 2 is 1.64 bits per heavy atom. The van der Waals surface area contributed by atoms with Crippen molar-refractivity contribution in [2.45, 2.75) is 12.8 Å². The van der Waals surface area contributed by atoms with Gasteiger partial charge in [-0.3, -0.25) is 4.79 Å². The second kappa shape index (κ2) is 6.63. The summed E-state index contributed by atoms with van der Waals surface area (Å²) in [6, 6.07) is 21.6. The van der Waals surface area contributed by atoms with E-state index in [1.165, 1.54) is 0 Å². The van der Waals surface area contributed by atoms with E-state index in [4.69, 9.17) is 11.6 Å². The molecule has 0 aromatic heterocycles. The highest BCUT2D eigenvalue weighted by Crippen LogP contribution is 2.23. The van der Waals surface area contributed by atoms with Crippen LogP contribution in [0.1, 0.15) is 12.0 Å². The molecule has 0 fully saturated rings. The standard InChI is InChI=1S/C19H16ClNO/c20-17-10-4-2-7-15(17)12-13-19(22)21-18-11-5-8-14-6-1-3-9-16(14)18/h1-11H,12-13H2,(H,21,22). The number of benzene rings is 3. The van der Waals surface area contributed by atoms with Gasteiger partial charge in [0.25, 0.3) is 0 Å². The molecule has 0 aliphatic carbocycles. The molecule has 3 aromatic carbocycles. The van der Waals surface area contributed by atoms with E-state index in [0.717, 1.165) is 22.0 Å². The summed E-state index contributed by atoms with van der Waals surface area (Å²) in [5.41, 5.74) is 1.85. The molecule has 0 heterocycles. The zero-order valence-electron chi connectivity index (χ0n) is 12.1. The summed E-state index contributed by atoms with van der Waals surface area (Å²) in [4.78, 5) is 12.2. The van der Waals surface area contributed by atoms with Gasteiger partial charge in [-0.05, 0) is 29.5 Å². The van der Waals surface area contributed by atoms with Crippen LogP contribution in [-0.2, 0) is 11.2 Å². The van der Waals surface area contributed by atoms with E-state index in [2.05, 4.69) is 5.32 Å². The minimum atomic E-state index is -0.00345. The first-order valence-electron chi connectivity index (χ1n) is 7.25. The Morgan fingerprint density at radius 3 is 2.50 bits per heavy atom. The normalized spacial score (nSPS) is 10.6. The maximum Gasteiger partial charge on any atom is 0.224 e. The van der Waals surface area contributed by atoms with Crippen LogP contribution in [0.4, 0.5) is 5.69 Å². The van der Waals surface area contributed by atoms with Gasteiger partial charge in [0.1, 0.15) is 0 Å². The highest BCUT2D eigenvalue weighted by atomic mass is 35.5. The predicted molar refractivity (Wildman–Crippen MR) is 92.4 cm³/mol. The molecule has 0 bridgehead atoms. The van der Waals surface area contributed by atoms with Crippen LogP contribution in [0, 0.1) is 0 Å². The molecule has 3 rings (SSSR count). The van der Waals surface area contributed by atoms with Crippen LogP contribution in [0.5, 0.6) is 0 Å². The Hall–Kier alpha value is -2.32. The van der Waals surface area contributed by atoms with Gasteiger partial charge in [-0.2, -0.15) is 0 Å². The number of carbonyl (C=O) groups is 1. The smallest absolute Gasteiger partial charge is 0.224 e. The highest BCUT2D eigenvalue weighted by molar-refractivity contribution is 6.31. The summed E-state index contributed by atoms with van der Waals surface area (Å²) in [5.74, 6) is -0.00345. The summed E-state index contributed by atoms with van der Waals surface area (Å²) in [5, 5.41) is 5.87. The predicted octanol–water partition coefficient (Wildman–Crippen LogP) is 5.06. The number of aryl methyl sites for hydroxylation is 1. The van der Waals surface area contributed by atoms with Gasteiger partial charge in [-0.25, -0.2) is 0 Å². The van der Waals surface area contributed by atoms with Crippen molar-refractivity contribution in [3.63, 3.8) is 0 Å². The van der Waals surface area contributed by atoms with Gasteiger partial charge < -0.3 is 5.32 Å². The molecule has 0 saturated carbocycles. The molecule has 2 nitrogen and oxygen atoms in total. The van der Waals surface area contributed by atoms with Crippen molar-refractivity contribution < 1.29 is 4.79 Å². The second-order valence-electron chi connectivity index (χ2n) is 5.17. The Labute approximate surface area is 134 Å². The van der Waals surface area contributed by atoms with Crippen LogP contribution in [0.2, 0.25) is 5.02 Å². The average Bonchev–Trinajstić information content (AvgIpc) is 2.54. The lowest BCUT2D eigenvalue weighted by molar-refractivity contribution is -0.116. The number of fused-ring (bicyclic) bond motifs is 1. The number of nitrogens with one attached hydrogen (secondary N) is 1. The lowest BCUT2D eigenvalue weighted by atomic mass is 10.1. The fraction of sp³-hybridized carbons (Fsp3) is 0.105. The Balaban J connectivity index is 1.70. The lowest BCUT2D eigenvalue weighted by Gasteiger charge is -2.09. The van der Waals surface area contributed by atoms with Crippen molar-refractivity contribution >= 4 is 34.0 Å². The molecule has 0 spiro atoms. The Kier molecular flexibility index (Phi) is 4.40.